The number of rotatable bonds is 2. The predicted octanol–water partition coefficient (Wildman–Crippen LogP) is 3.45. The Labute approximate surface area is 121 Å². The molecule has 1 saturated heterocycles. The number of benzene rings is 1. The van der Waals surface area contributed by atoms with E-state index in [4.69, 9.17) is 27.9 Å². The molecule has 0 unspecified atom stereocenters. The van der Waals surface area contributed by atoms with Crippen molar-refractivity contribution in [2.45, 2.75) is 25.9 Å². The van der Waals surface area contributed by atoms with Gasteiger partial charge < -0.3 is 15.2 Å². The molecule has 1 aliphatic heterocycles. The van der Waals surface area contributed by atoms with Gasteiger partial charge in [-0.1, -0.05) is 23.2 Å². The van der Waals surface area contributed by atoms with Crippen LogP contribution < -0.4 is 5.32 Å². The zero-order valence-corrected chi connectivity index (χ0v) is 12.0. The minimum atomic E-state index is -0.220. The van der Waals surface area contributed by atoms with E-state index in [9.17, 15) is 9.90 Å². The second-order valence-electron chi connectivity index (χ2n) is 4.60. The van der Waals surface area contributed by atoms with E-state index in [0.717, 1.165) is 12.8 Å². The first-order valence-electron chi connectivity index (χ1n) is 6.09. The molecular weight excluding hydrogens is 289 g/mol. The molecule has 1 aromatic carbocycles. The number of amides is 1. The smallest absolute Gasteiger partial charge is 0.230 e. The monoisotopic (exact) mass is 303 g/mol. The van der Waals surface area contributed by atoms with Crippen LogP contribution in [-0.2, 0) is 9.53 Å². The molecule has 1 fully saturated rings. The first-order valence-corrected chi connectivity index (χ1v) is 6.85. The molecule has 0 aliphatic carbocycles. The van der Waals surface area contributed by atoms with Crippen molar-refractivity contribution in [3.63, 3.8) is 0 Å². The number of carbonyl (C=O) groups excluding carboxylic acids is 1. The van der Waals surface area contributed by atoms with Crippen molar-refractivity contribution in [2.75, 3.05) is 11.9 Å². The van der Waals surface area contributed by atoms with Crippen LogP contribution in [0.25, 0.3) is 0 Å². The highest BCUT2D eigenvalue weighted by Crippen LogP contribution is 2.34. The average Bonchev–Trinajstić information content (AvgIpc) is 2.36. The van der Waals surface area contributed by atoms with Gasteiger partial charge in [-0.05, 0) is 25.8 Å². The van der Waals surface area contributed by atoms with Crippen molar-refractivity contribution in [3.05, 3.63) is 22.2 Å². The summed E-state index contributed by atoms with van der Waals surface area (Å²) in [5.41, 5.74) is 0.261. The number of ether oxygens (including phenoxy) is 1. The van der Waals surface area contributed by atoms with Crippen molar-refractivity contribution < 1.29 is 14.6 Å². The van der Waals surface area contributed by atoms with Crippen LogP contribution in [0.2, 0.25) is 10.0 Å². The number of hydrogen-bond acceptors (Lipinski definition) is 3. The molecule has 0 spiro atoms. The fourth-order valence-corrected chi connectivity index (χ4v) is 2.45. The summed E-state index contributed by atoms with van der Waals surface area (Å²) in [6.07, 6.45) is 1.50. The van der Waals surface area contributed by atoms with E-state index in [1.807, 2.05) is 6.92 Å². The van der Waals surface area contributed by atoms with Crippen molar-refractivity contribution in [3.8, 4) is 5.75 Å². The summed E-state index contributed by atoms with van der Waals surface area (Å²) in [4.78, 5) is 12.1. The Bertz CT molecular complexity index is 493. The van der Waals surface area contributed by atoms with Crippen LogP contribution in [-0.4, -0.2) is 23.7 Å². The van der Waals surface area contributed by atoms with E-state index < -0.39 is 0 Å². The van der Waals surface area contributed by atoms with Crippen LogP contribution in [0.1, 0.15) is 19.8 Å². The molecule has 1 heterocycles. The fraction of sp³-hybridized carbons (Fsp3) is 0.462. The minimum absolute atomic E-state index is 0.105. The standard InChI is InChI=1S/C13H15Cl2NO3/c1-7-8(3-2-4-19-7)13(18)16-11-5-9(14)10(15)6-12(11)17/h5-8,17H,2-4H2,1H3,(H,16,18)/t7-,8+/m1/s1. The lowest BCUT2D eigenvalue weighted by Gasteiger charge is -2.28. The molecule has 19 heavy (non-hydrogen) atoms. The van der Waals surface area contributed by atoms with Gasteiger partial charge in [0.2, 0.25) is 5.91 Å². The summed E-state index contributed by atoms with van der Waals surface area (Å²) in [6, 6.07) is 2.74. The molecule has 0 aromatic heterocycles. The van der Waals surface area contributed by atoms with Gasteiger partial charge in [-0.3, -0.25) is 4.79 Å². The quantitative estimate of drug-likeness (QED) is 0.823. The molecule has 2 rings (SSSR count). The van der Waals surface area contributed by atoms with Crippen LogP contribution in [0.5, 0.6) is 5.75 Å². The molecule has 1 aliphatic rings. The highest BCUT2D eigenvalue weighted by atomic mass is 35.5. The van der Waals surface area contributed by atoms with E-state index in [1.54, 1.807) is 0 Å². The zero-order valence-electron chi connectivity index (χ0n) is 10.5. The van der Waals surface area contributed by atoms with Crippen LogP contribution >= 0.6 is 23.2 Å². The van der Waals surface area contributed by atoms with E-state index in [-0.39, 0.29) is 39.4 Å². The second-order valence-corrected chi connectivity index (χ2v) is 5.41. The number of aromatic hydroxyl groups is 1. The van der Waals surface area contributed by atoms with Gasteiger partial charge in [-0.25, -0.2) is 0 Å². The summed E-state index contributed by atoms with van der Waals surface area (Å²) in [6.45, 7) is 2.56. The minimum Gasteiger partial charge on any atom is -0.506 e. The molecule has 2 atom stereocenters. The van der Waals surface area contributed by atoms with Gasteiger partial charge in [0.05, 0.1) is 27.8 Å². The number of phenols is 1. The number of nitrogens with one attached hydrogen (secondary N) is 1. The first-order chi connectivity index (χ1) is 8.99. The molecule has 0 bridgehead atoms. The zero-order chi connectivity index (χ0) is 14.0. The maximum Gasteiger partial charge on any atom is 0.230 e. The number of hydrogen-bond donors (Lipinski definition) is 2. The Morgan fingerprint density at radius 1 is 1.42 bits per heavy atom. The maximum absolute atomic E-state index is 12.1. The van der Waals surface area contributed by atoms with Gasteiger partial charge in [0.25, 0.3) is 0 Å². The van der Waals surface area contributed by atoms with Gasteiger partial charge in [0.15, 0.2) is 0 Å². The lowest BCUT2D eigenvalue weighted by atomic mass is 9.94. The fourth-order valence-electron chi connectivity index (χ4n) is 2.13. The molecule has 4 nitrogen and oxygen atoms in total. The van der Waals surface area contributed by atoms with E-state index >= 15 is 0 Å². The Morgan fingerprint density at radius 2 is 2.11 bits per heavy atom. The highest BCUT2D eigenvalue weighted by Gasteiger charge is 2.29. The molecule has 1 aromatic rings. The van der Waals surface area contributed by atoms with Gasteiger partial charge in [0.1, 0.15) is 5.75 Å². The summed E-state index contributed by atoms with van der Waals surface area (Å²) >= 11 is 11.6. The number of carbonyl (C=O) groups is 1. The Hall–Kier alpha value is -0.970. The van der Waals surface area contributed by atoms with Crippen LogP contribution in [0.4, 0.5) is 5.69 Å². The molecule has 1 amide bonds. The van der Waals surface area contributed by atoms with Crippen LogP contribution in [0.15, 0.2) is 12.1 Å². The lowest BCUT2D eigenvalue weighted by molar-refractivity contribution is -0.127. The largest absolute Gasteiger partial charge is 0.506 e. The number of anilines is 1. The van der Waals surface area contributed by atoms with Gasteiger partial charge in [-0.15, -0.1) is 0 Å². The highest BCUT2D eigenvalue weighted by molar-refractivity contribution is 6.42. The predicted molar refractivity (Wildman–Crippen MR) is 74.9 cm³/mol. The average molecular weight is 304 g/mol. The summed E-state index contributed by atoms with van der Waals surface area (Å²) < 4.78 is 5.45. The number of phenolic OH excluding ortho intramolecular Hbond substituents is 1. The van der Waals surface area contributed by atoms with Gasteiger partial charge in [-0.2, -0.15) is 0 Å². The van der Waals surface area contributed by atoms with Crippen molar-refractivity contribution in [1.29, 1.82) is 0 Å². The third-order valence-electron chi connectivity index (χ3n) is 3.24. The molecule has 6 heteroatoms. The molecule has 0 radical (unpaired) electrons. The van der Waals surface area contributed by atoms with Crippen LogP contribution in [0.3, 0.4) is 0 Å². The summed E-state index contributed by atoms with van der Waals surface area (Å²) in [7, 11) is 0. The lowest BCUT2D eigenvalue weighted by Crippen LogP contribution is -2.36. The van der Waals surface area contributed by atoms with Gasteiger partial charge in [0, 0.05) is 12.7 Å². The first kappa shape index (κ1) is 14.4. The third-order valence-corrected chi connectivity index (χ3v) is 3.96. The Morgan fingerprint density at radius 3 is 2.79 bits per heavy atom. The van der Waals surface area contributed by atoms with E-state index in [1.165, 1.54) is 12.1 Å². The van der Waals surface area contributed by atoms with Crippen molar-refractivity contribution in [1.82, 2.24) is 0 Å². The Kier molecular flexibility index (Phi) is 4.55. The SMILES string of the molecule is C[C@H]1OCCC[C@@H]1C(=O)Nc1cc(Cl)c(Cl)cc1O. The van der Waals surface area contributed by atoms with Crippen molar-refractivity contribution >= 4 is 34.8 Å². The second kappa shape index (κ2) is 5.99. The van der Waals surface area contributed by atoms with E-state index in [0.29, 0.717) is 6.61 Å². The molecule has 104 valence electrons. The van der Waals surface area contributed by atoms with Crippen molar-refractivity contribution in [2.24, 2.45) is 5.92 Å². The molecule has 0 saturated carbocycles. The summed E-state index contributed by atoms with van der Waals surface area (Å²) in [5, 5.41) is 12.9. The summed E-state index contributed by atoms with van der Waals surface area (Å²) in [5.74, 6) is -0.504. The van der Waals surface area contributed by atoms with Gasteiger partial charge >= 0.3 is 0 Å². The van der Waals surface area contributed by atoms with Crippen LogP contribution in [0, 0.1) is 5.92 Å². The Balaban J connectivity index is 2.12. The molecule has 2 N–H and O–H groups in total. The maximum atomic E-state index is 12.1. The molecular formula is C13H15Cl2NO3. The topological polar surface area (TPSA) is 58.6 Å². The number of halogens is 2. The third kappa shape index (κ3) is 3.32. The van der Waals surface area contributed by atoms with E-state index in [2.05, 4.69) is 5.32 Å². The normalized spacial score (nSPS) is 23.1.